The highest BCUT2D eigenvalue weighted by Crippen LogP contribution is 2.64. The average Bonchev–Trinajstić information content (AvgIpc) is 2.41. The van der Waals surface area contributed by atoms with Gasteiger partial charge in [-0.3, -0.25) is 4.79 Å². The molecule has 0 aliphatic heterocycles. The first-order chi connectivity index (χ1) is 10.9. The highest BCUT2D eigenvalue weighted by atomic mass is 16.6. The van der Waals surface area contributed by atoms with Gasteiger partial charge in [-0.15, -0.1) is 6.58 Å². The van der Waals surface area contributed by atoms with Crippen molar-refractivity contribution in [1.29, 1.82) is 0 Å². The quantitative estimate of drug-likeness (QED) is 0.588. The summed E-state index contributed by atoms with van der Waals surface area (Å²) in [5, 5.41) is 10.7. The van der Waals surface area contributed by atoms with Crippen LogP contribution in [0.15, 0.2) is 12.7 Å². The summed E-state index contributed by atoms with van der Waals surface area (Å²) in [7, 11) is 0. The summed E-state index contributed by atoms with van der Waals surface area (Å²) in [5.41, 5.74) is -1.10. The molecule has 0 amide bonds. The zero-order valence-corrected chi connectivity index (χ0v) is 16.4. The molecule has 0 saturated heterocycles. The molecule has 2 fully saturated rings. The van der Waals surface area contributed by atoms with E-state index in [4.69, 9.17) is 4.74 Å². The Balaban J connectivity index is 2.47. The van der Waals surface area contributed by atoms with E-state index < -0.39 is 11.2 Å². The van der Waals surface area contributed by atoms with Crippen molar-refractivity contribution in [2.45, 2.75) is 91.3 Å². The highest BCUT2D eigenvalue weighted by Gasteiger charge is 2.60. The number of aliphatic hydroxyl groups is 1. The van der Waals surface area contributed by atoms with Gasteiger partial charge in [-0.1, -0.05) is 33.3 Å². The predicted octanol–water partition coefficient (Wildman–Crippen LogP) is 4.88. The van der Waals surface area contributed by atoms with Crippen molar-refractivity contribution in [2.24, 2.45) is 22.7 Å². The first-order valence-electron chi connectivity index (χ1n) is 9.42. The minimum atomic E-state index is -0.946. The van der Waals surface area contributed by atoms with Gasteiger partial charge in [-0.25, -0.2) is 0 Å². The van der Waals surface area contributed by atoms with E-state index in [9.17, 15) is 9.90 Å². The lowest BCUT2D eigenvalue weighted by Crippen LogP contribution is -2.60. The molecule has 0 spiro atoms. The van der Waals surface area contributed by atoms with E-state index in [1.54, 1.807) is 6.08 Å². The van der Waals surface area contributed by atoms with Crippen LogP contribution in [-0.2, 0) is 9.53 Å². The molecular formula is C21H36O3. The van der Waals surface area contributed by atoms with Crippen LogP contribution in [0.5, 0.6) is 0 Å². The van der Waals surface area contributed by atoms with Crippen molar-refractivity contribution >= 4 is 5.97 Å². The predicted molar refractivity (Wildman–Crippen MR) is 97.6 cm³/mol. The van der Waals surface area contributed by atoms with Crippen molar-refractivity contribution in [3.63, 3.8) is 0 Å². The van der Waals surface area contributed by atoms with E-state index in [0.29, 0.717) is 17.8 Å². The summed E-state index contributed by atoms with van der Waals surface area (Å²) < 4.78 is 5.88. The normalized spacial score (nSPS) is 41.0. The van der Waals surface area contributed by atoms with Gasteiger partial charge in [0, 0.05) is 12.8 Å². The number of hydrogen-bond acceptors (Lipinski definition) is 3. The number of fused-ring (bicyclic) bond motifs is 1. The summed E-state index contributed by atoms with van der Waals surface area (Å²) >= 11 is 0. The Morgan fingerprint density at radius 3 is 2.46 bits per heavy atom. The van der Waals surface area contributed by atoms with Crippen molar-refractivity contribution in [2.75, 3.05) is 0 Å². The average molecular weight is 337 g/mol. The Kier molecular flexibility index (Phi) is 5.00. The smallest absolute Gasteiger partial charge is 0.303 e. The molecule has 0 aromatic heterocycles. The van der Waals surface area contributed by atoms with Crippen LogP contribution < -0.4 is 0 Å². The van der Waals surface area contributed by atoms with Gasteiger partial charge in [-0.05, 0) is 62.7 Å². The molecule has 3 nitrogen and oxygen atoms in total. The third-order valence-electron chi connectivity index (χ3n) is 7.17. The molecule has 2 saturated carbocycles. The second kappa shape index (κ2) is 6.16. The zero-order chi connectivity index (χ0) is 18.4. The molecule has 5 atom stereocenters. The number of hydrogen-bond donors (Lipinski definition) is 1. The van der Waals surface area contributed by atoms with Crippen LogP contribution in [0.4, 0.5) is 0 Å². The van der Waals surface area contributed by atoms with Crippen LogP contribution in [0, 0.1) is 22.7 Å². The molecule has 2 aliphatic rings. The van der Waals surface area contributed by atoms with Crippen LogP contribution >= 0.6 is 0 Å². The van der Waals surface area contributed by atoms with Gasteiger partial charge in [0.2, 0.25) is 0 Å². The van der Waals surface area contributed by atoms with Crippen LogP contribution in [0.1, 0.15) is 80.1 Å². The summed E-state index contributed by atoms with van der Waals surface area (Å²) in [5.74, 6) is 0.492. The number of esters is 1. The lowest BCUT2D eigenvalue weighted by Gasteiger charge is -2.62. The van der Waals surface area contributed by atoms with E-state index in [1.165, 1.54) is 19.8 Å². The van der Waals surface area contributed by atoms with Gasteiger partial charge < -0.3 is 9.84 Å². The van der Waals surface area contributed by atoms with Crippen molar-refractivity contribution in [1.82, 2.24) is 0 Å². The molecule has 24 heavy (non-hydrogen) atoms. The molecule has 0 aromatic carbocycles. The molecular weight excluding hydrogens is 300 g/mol. The molecule has 0 bridgehead atoms. The van der Waals surface area contributed by atoms with E-state index >= 15 is 0 Å². The summed E-state index contributed by atoms with van der Waals surface area (Å²) in [4.78, 5) is 11.8. The fraction of sp³-hybridized carbons (Fsp3) is 0.857. The Labute approximate surface area is 147 Å². The van der Waals surface area contributed by atoms with E-state index in [2.05, 4.69) is 34.3 Å². The van der Waals surface area contributed by atoms with E-state index in [0.717, 1.165) is 19.3 Å². The fourth-order valence-electron chi connectivity index (χ4n) is 6.00. The third-order valence-corrected chi connectivity index (χ3v) is 7.17. The second-order valence-electron chi connectivity index (χ2n) is 9.66. The lowest BCUT2D eigenvalue weighted by molar-refractivity contribution is -0.205. The van der Waals surface area contributed by atoms with Gasteiger partial charge >= 0.3 is 5.97 Å². The fourth-order valence-corrected chi connectivity index (χ4v) is 6.00. The van der Waals surface area contributed by atoms with Crippen LogP contribution in [-0.4, -0.2) is 22.3 Å². The molecule has 1 N–H and O–H groups in total. The number of carbonyl (C=O) groups is 1. The minimum absolute atomic E-state index is 0.0667. The maximum absolute atomic E-state index is 11.8. The van der Waals surface area contributed by atoms with Gasteiger partial charge in [0.1, 0.15) is 5.60 Å². The number of ether oxygens (including phenoxy) is 1. The van der Waals surface area contributed by atoms with Crippen molar-refractivity contribution in [3.05, 3.63) is 12.7 Å². The van der Waals surface area contributed by atoms with Crippen LogP contribution in [0.2, 0.25) is 0 Å². The second-order valence-corrected chi connectivity index (χ2v) is 9.66. The largest absolute Gasteiger partial charge is 0.459 e. The minimum Gasteiger partial charge on any atom is -0.459 e. The Morgan fingerprint density at radius 2 is 1.92 bits per heavy atom. The first-order valence-corrected chi connectivity index (χ1v) is 9.42. The van der Waals surface area contributed by atoms with Crippen molar-refractivity contribution in [3.8, 4) is 0 Å². The summed E-state index contributed by atoms with van der Waals surface area (Å²) in [6, 6.07) is 0. The zero-order valence-electron chi connectivity index (χ0n) is 16.4. The molecule has 138 valence electrons. The SMILES string of the molecule is C=CC(C)(O)C[C@@H]1[C@@]2(C)CCCC(C)(C)[C@@H]2CC[C@@]1(C)OC(C)=O. The molecule has 0 radical (unpaired) electrons. The van der Waals surface area contributed by atoms with Gasteiger partial charge in [0.15, 0.2) is 0 Å². The highest BCUT2D eigenvalue weighted by molar-refractivity contribution is 5.66. The van der Waals surface area contributed by atoms with E-state index in [1.807, 2.05) is 6.92 Å². The summed E-state index contributed by atoms with van der Waals surface area (Å²) in [6.07, 6.45) is 7.75. The molecule has 3 heteroatoms. The molecule has 2 aliphatic carbocycles. The standard InChI is InChI=1S/C21H36O3/c1-8-19(5,23)14-17-20(6)12-9-11-18(3,4)16(20)10-13-21(17,7)24-15(2)22/h8,16-17,23H,1,9-14H2,2-7H3/t16-,17+,19?,20-,21+/m0/s1. The topological polar surface area (TPSA) is 46.5 Å². The maximum atomic E-state index is 11.8. The molecule has 2 rings (SSSR count). The van der Waals surface area contributed by atoms with Gasteiger partial charge in [0.05, 0.1) is 5.60 Å². The van der Waals surface area contributed by atoms with Crippen LogP contribution in [0.3, 0.4) is 0 Å². The summed E-state index contributed by atoms with van der Waals surface area (Å²) in [6.45, 7) is 16.3. The van der Waals surface area contributed by atoms with Crippen molar-refractivity contribution < 1.29 is 14.6 Å². The molecule has 1 unspecified atom stereocenters. The Hall–Kier alpha value is -0.830. The Bertz CT molecular complexity index is 507. The lowest BCUT2D eigenvalue weighted by atomic mass is 9.44. The number of carbonyl (C=O) groups excluding carboxylic acids is 1. The Morgan fingerprint density at radius 1 is 1.29 bits per heavy atom. The first kappa shape index (κ1) is 19.5. The number of rotatable bonds is 4. The maximum Gasteiger partial charge on any atom is 0.303 e. The molecule has 0 aromatic rings. The van der Waals surface area contributed by atoms with E-state index in [-0.39, 0.29) is 17.3 Å². The third kappa shape index (κ3) is 3.42. The van der Waals surface area contributed by atoms with Gasteiger partial charge in [-0.2, -0.15) is 0 Å². The monoisotopic (exact) mass is 336 g/mol. The molecule has 0 heterocycles. The van der Waals surface area contributed by atoms with Crippen LogP contribution in [0.25, 0.3) is 0 Å². The van der Waals surface area contributed by atoms with Gasteiger partial charge in [0.25, 0.3) is 0 Å².